The van der Waals surface area contributed by atoms with Crippen molar-refractivity contribution >= 4 is 17.0 Å². The van der Waals surface area contributed by atoms with Crippen LogP contribution in [0.25, 0.3) is 11.0 Å². The summed E-state index contributed by atoms with van der Waals surface area (Å²) in [5, 5.41) is 3.46. The number of aryl methyl sites for hydroxylation is 1. The lowest BCUT2D eigenvalue weighted by Crippen LogP contribution is -2.07. The SMILES string of the molecule is CCCn1c(NCc2ccccc2)nc2ccccc21. The molecule has 0 atom stereocenters. The lowest BCUT2D eigenvalue weighted by molar-refractivity contribution is 0.700. The predicted molar refractivity (Wildman–Crippen MR) is 83.8 cm³/mol. The fourth-order valence-electron chi connectivity index (χ4n) is 2.44. The van der Waals surface area contributed by atoms with E-state index >= 15 is 0 Å². The molecule has 3 nitrogen and oxygen atoms in total. The van der Waals surface area contributed by atoms with E-state index in [0.29, 0.717) is 0 Å². The Hall–Kier alpha value is -2.29. The zero-order chi connectivity index (χ0) is 13.8. The number of benzene rings is 2. The molecule has 1 N–H and O–H groups in total. The second kappa shape index (κ2) is 5.78. The summed E-state index contributed by atoms with van der Waals surface area (Å²) in [4.78, 5) is 4.70. The minimum Gasteiger partial charge on any atom is -0.352 e. The van der Waals surface area contributed by atoms with Crippen LogP contribution in [0.1, 0.15) is 18.9 Å². The zero-order valence-electron chi connectivity index (χ0n) is 11.7. The fourth-order valence-corrected chi connectivity index (χ4v) is 2.44. The highest BCUT2D eigenvalue weighted by atomic mass is 15.2. The van der Waals surface area contributed by atoms with Crippen molar-refractivity contribution in [3.63, 3.8) is 0 Å². The van der Waals surface area contributed by atoms with Gasteiger partial charge in [-0.25, -0.2) is 4.98 Å². The number of rotatable bonds is 5. The molecule has 1 aromatic heterocycles. The van der Waals surface area contributed by atoms with Crippen molar-refractivity contribution < 1.29 is 0 Å². The Labute approximate surface area is 119 Å². The number of nitrogens with zero attached hydrogens (tertiary/aromatic N) is 2. The van der Waals surface area contributed by atoms with E-state index in [-0.39, 0.29) is 0 Å². The summed E-state index contributed by atoms with van der Waals surface area (Å²) in [5.74, 6) is 0.955. The minimum atomic E-state index is 0.799. The molecule has 0 unspecified atom stereocenters. The van der Waals surface area contributed by atoms with Crippen LogP contribution in [0.2, 0.25) is 0 Å². The van der Waals surface area contributed by atoms with Crippen molar-refractivity contribution in [1.82, 2.24) is 9.55 Å². The summed E-state index contributed by atoms with van der Waals surface area (Å²) in [6.45, 7) is 3.97. The third-order valence-electron chi connectivity index (χ3n) is 3.40. The molecular formula is C17H19N3. The Balaban J connectivity index is 1.88. The van der Waals surface area contributed by atoms with Gasteiger partial charge >= 0.3 is 0 Å². The van der Waals surface area contributed by atoms with Crippen molar-refractivity contribution in [1.29, 1.82) is 0 Å². The summed E-state index contributed by atoms with van der Waals surface area (Å²) in [7, 11) is 0. The second-order valence-corrected chi connectivity index (χ2v) is 4.91. The molecule has 0 radical (unpaired) electrons. The van der Waals surface area contributed by atoms with Gasteiger partial charge in [0.2, 0.25) is 5.95 Å². The number of hydrogen-bond donors (Lipinski definition) is 1. The van der Waals surface area contributed by atoms with Crippen molar-refractivity contribution in [3.05, 3.63) is 60.2 Å². The van der Waals surface area contributed by atoms with E-state index in [4.69, 9.17) is 4.98 Å². The number of para-hydroxylation sites is 2. The first-order valence-electron chi connectivity index (χ1n) is 7.11. The van der Waals surface area contributed by atoms with E-state index < -0.39 is 0 Å². The highest BCUT2D eigenvalue weighted by Gasteiger charge is 2.08. The molecular weight excluding hydrogens is 246 g/mol. The Morgan fingerprint density at radius 2 is 1.75 bits per heavy atom. The van der Waals surface area contributed by atoms with E-state index in [1.54, 1.807) is 0 Å². The molecule has 3 heteroatoms. The van der Waals surface area contributed by atoms with Crippen LogP contribution >= 0.6 is 0 Å². The topological polar surface area (TPSA) is 29.9 Å². The quantitative estimate of drug-likeness (QED) is 0.754. The summed E-state index contributed by atoms with van der Waals surface area (Å²) in [6.07, 6.45) is 1.10. The van der Waals surface area contributed by atoms with Crippen LogP contribution in [0.5, 0.6) is 0 Å². The first-order valence-corrected chi connectivity index (χ1v) is 7.11. The van der Waals surface area contributed by atoms with Crippen molar-refractivity contribution in [2.75, 3.05) is 5.32 Å². The van der Waals surface area contributed by atoms with Crippen molar-refractivity contribution in [2.45, 2.75) is 26.4 Å². The standard InChI is InChI=1S/C17H19N3/c1-2-12-20-16-11-7-6-10-15(16)19-17(20)18-13-14-8-4-3-5-9-14/h3-11H,2,12-13H2,1H3,(H,18,19). The van der Waals surface area contributed by atoms with Gasteiger partial charge in [-0.15, -0.1) is 0 Å². The third kappa shape index (κ3) is 2.52. The van der Waals surface area contributed by atoms with Crippen LogP contribution in [-0.4, -0.2) is 9.55 Å². The number of aromatic nitrogens is 2. The largest absolute Gasteiger partial charge is 0.352 e. The highest BCUT2D eigenvalue weighted by Crippen LogP contribution is 2.20. The Morgan fingerprint density at radius 1 is 1.00 bits per heavy atom. The summed E-state index contributed by atoms with van der Waals surface area (Å²) >= 11 is 0. The van der Waals surface area contributed by atoms with Crippen LogP contribution in [0.3, 0.4) is 0 Å². The normalized spacial score (nSPS) is 10.8. The predicted octanol–water partition coefficient (Wildman–Crippen LogP) is 4.06. The van der Waals surface area contributed by atoms with Gasteiger partial charge in [0.1, 0.15) is 0 Å². The van der Waals surface area contributed by atoms with E-state index in [1.165, 1.54) is 11.1 Å². The highest BCUT2D eigenvalue weighted by molar-refractivity contribution is 5.78. The maximum absolute atomic E-state index is 4.70. The molecule has 0 aliphatic carbocycles. The van der Waals surface area contributed by atoms with Gasteiger partial charge in [-0.3, -0.25) is 0 Å². The third-order valence-corrected chi connectivity index (χ3v) is 3.40. The zero-order valence-corrected chi connectivity index (χ0v) is 11.7. The molecule has 0 fully saturated rings. The summed E-state index contributed by atoms with van der Waals surface area (Å²) in [6, 6.07) is 18.7. The molecule has 0 saturated heterocycles. The number of fused-ring (bicyclic) bond motifs is 1. The Morgan fingerprint density at radius 3 is 2.55 bits per heavy atom. The molecule has 0 amide bonds. The summed E-state index contributed by atoms with van der Waals surface area (Å²) < 4.78 is 2.26. The van der Waals surface area contributed by atoms with Crippen LogP contribution in [0, 0.1) is 0 Å². The maximum atomic E-state index is 4.70. The lowest BCUT2D eigenvalue weighted by atomic mass is 10.2. The van der Waals surface area contributed by atoms with Crippen LogP contribution in [0.15, 0.2) is 54.6 Å². The van der Waals surface area contributed by atoms with Crippen molar-refractivity contribution in [2.24, 2.45) is 0 Å². The molecule has 3 rings (SSSR count). The molecule has 1 heterocycles. The smallest absolute Gasteiger partial charge is 0.204 e. The van der Waals surface area contributed by atoms with E-state index in [1.807, 2.05) is 12.1 Å². The van der Waals surface area contributed by atoms with Gasteiger partial charge in [0.15, 0.2) is 0 Å². The molecule has 0 aliphatic rings. The number of nitrogens with one attached hydrogen (secondary N) is 1. The average molecular weight is 265 g/mol. The average Bonchev–Trinajstić information content (AvgIpc) is 2.85. The minimum absolute atomic E-state index is 0.799. The molecule has 0 bridgehead atoms. The van der Waals surface area contributed by atoms with Gasteiger partial charge in [-0.1, -0.05) is 49.4 Å². The first kappa shape index (κ1) is 12.7. The van der Waals surface area contributed by atoms with Gasteiger partial charge in [0.05, 0.1) is 11.0 Å². The number of imidazole rings is 1. The lowest BCUT2D eigenvalue weighted by Gasteiger charge is -2.09. The number of anilines is 1. The first-order chi connectivity index (χ1) is 9.88. The van der Waals surface area contributed by atoms with Gasteiger partial charge < -0.3 is 9.88 Å². The second-order valence-electron chi connectivity index (χ2n) is 4.91. The molecule has 0 aliphatic heterocycles. The van der Waals surface area contributed by atoms with Gasteiger partial charge in [0.25, 0.3) is 0 Å². The van der Waals surface area contributed by atoms with Crippen LogP contribution in [-0.2, 0) is 13.1 Å². The number of hydrogen-bond acceptors (Lipinski definition) is 2. The van der Waals surface area contributed by atoms with Gasteiger partial charge in [-0.2, -0.15) is 0 Å². The van der Waals surface area contributed by atoms with E-state index in [9.17, 15) is 0 Å². The Kier molecular flexibility index (Phi) is 3.68. The van der Waals surface area contributed by atoms with E-state index in [0.717, 1.165) is 31.0 Å². The Bertz CT molecular complexity index is 686. The van der Waals surface area contributed by atoms with Gasteiger partial charge in [-0.05, 0) is 24.1 Å². The molecule has 0 saturated carbocycles. The van der Waals surface area contributed by atoms with Crippen LogP contribution in [0.4, 0.5) is 5.95 Å². The van der Waals surface area contributed by atoms with Gasteiger partial charge in [0, 0.05) is 13.1 Å². The molecule has 3 aromatic rings. The van der Waals surface area contributed by atoms with Crippen molar-refractivity contribution in [3.8, 4) is 0 Å². The molecule has 20 heavy (non-hydrogen) atoms. The summed E-state index contributed by atoms with van der Waals surface area (Å²) in [5.41, 5.74) is 3.52. The van der Waals surface area contributed by atoms with E-state index in [2.05, 4.69) is 59.3 Å². The fraction of sp³-hybridized carbons (Fsp3) is 0.235. The maximum Gasteiger partial charge on any atom is 0.204 e. The van der Waals surface area contributed by atoms with Crippen LogP contribution < -0.4 is 5.32 Å². The monoisotopic (exact) mass is 265 g/mol. The molecule has 102 valence electrons. The molecule has 0 spiro atoms. The molecule has 2 aromatic carbocycles.